The summed E-state index contributed by atoms with van der Waals surface area (Å²) in [5, 5.41) is 9.27. The number of rotatable bonds is 4. The molecule has 2 aliphatic rings. The van der Waals surface area contributed by atoms with Gasteiger partial charge >= 0.3 is 5.97 Å². The first kappa shape index (κ1) is 18.6. The number of carboxylic acids is 1. The van der Waals surface area contributed by atoms with Gasteiger partial charge in [0.2, 0.25) is 5.43 Å². The number of thiophene rings is 1. The zero-order valence-electron chi connectivity index (χ0n) is 16.2. The fourth-order valence-electron chi connectivity index (χ4n) is 4.59. The van der Waals surface area contributed by atoms with Crippen LogP contribution in [0.15, 0.2) is 29.2 Å². The van der Waals surface area contributed by atoms with E-state index in [0.29, 0.717) is 11.4 Å². The molecule has 0 bridgehead atoms. The molecule has 2 heterocycles. The highest BCUT2D eigenvalue weighted by molar-refractivity contribution is 7.15. The van der Waals surface area contributed by atoms with Crippen molar-refractivity contribution in [1.82, 2.24) is 4.57 Å². The van der Waals surface area contributed by atoms with Gasteiger partial charge in [0, 0.05) is 22.0 Å². The van der Waals surface area contributed by atoms with Crippen molar-refractivity contribution in [2.75, 3.05) is 0 Å². The van der Waals surface area contributed by atoms with Gasteiger partial charge in [-0.1, -0.05) is 6.92 Å². The SMILES string of the molecule is CCC1CCCc2sc(-c3cc(F)c4c(=O)c(C(=O)O)cn(C5CC5)c4c3)cc21. The lowest BCUT2D eigenvalue weighted by atomic mass is 9.85. The van der Waals surface area contributed by atoms with E-state index in [2.05, 4.69) is 13.0 Å². The Morgan fingerprint density at radius 3 is 2.76 bits per heavy atom. The van der Waals surface area contributed by atoms with Gasteiger partial charge in [0.1, 0.15) is 11.4 Å². The minimum Gasteiger partial charge on any atom is -0.477 e. The van der Waals surface area contributed by atoms with Gasteiger partial charge in [-0.15, -0.1) is 11.3 Å². The fraction of sp³-hybridized carbons (Fsp3) is 0.391. The number of nitrogens with zero attached hydrogens (tertiary/aromatic N) is 1. The molecule has 150 valence electrons. The predicted molar refractivity (Wildman–Crippen MR) is 113 cm³/mol. The minimum absolute atomic E-state index is 0.117. The third kappa shape index (κ3) is 3.01. The summed E-state index contributed by atoms with van der Waals surface area (Å²) in [6.07, 6.45) is 7.78. The van der Waals surface area contributed by atoms with Crippen LogP contribution in [0.1, 0.15) is 71.8 Å². The summed E-state index contributed by atoms with van der Waals surface area (Å²) < 4.78 is 16.9. The highest BCUT2D eigenvalue weighted by Gasteiger charge is 2.28. The van der Waals surface area contributed by atoms with E-state index in [1.807, 2.05) is 6.07 Å². The van der Waals surface area contributed by atoms with Crippen LogP contribution < -0.4 is 5.43 Å². The average molecular weight is 411 g/mol. The number of aromatic nitrogens is 1. The van der Waals surface area contributed by atoms with E-state index in [4.69, 9.17) is 0 Å². The summed E-state index contributed by atoms with van der Waals surface area (Å²) in [4.78, 5) is 26.6. The molecule has 1 unspecified atom stereocenters. The van der Waals surface area contributed by atoms with Crippen molar-refractivity contribution in [2.45, 2.75) is 57.4 Å². The lowest BCUT2D eigenvalue weighted by Crippen LogP contribution is -2.19. The summed E-state index contributed by atoms with van der Waals surface area (Å²) in [7, 11) is 0. The Hall–Kier alpha value is -2.47. The second-order valence-electron chi connectivity index (χ2n) is 8.15. The van der Waals surface area contributed by atoms with Gasteiger partial charge in [-0.25, -0.2) is 9.18 Å². The molecule has 1 atom stereocenters. The van der Waals surface area contributed by atoms with Gasteiger partial charge in [-0.05, 0) is 73.8 Å². The molecule has 0 radical (unpaired) electrons. The second kappa shape index (κ2) is 6.80. The molecule has 1 saturated carbocycles. The average Bonchev–Trinajstić information content (AvgIpc) is 3.44. The standard InChI is InChI=1S/C23H22FNO3S/c1-2-12-4-3-5-19-15(12)10-20(29-19)13-8-17(24)21-18(9-13)25(14-6-7-14)11-16(22(21)26)23(27)28/h8-12,14H,2-7H2,1H3,(H,27,28). The van der Waals surface area contributed by atoms with Crippen molar-refractivity contribution < 1.29 is 14.3 Å². The summed E-state index contributed by atoms with van der Waals surface area (Å²) in [6.45, 7) is 2.21. The maximum atomic E-state index is 15.1. The van der Waals surface area contributed by atoms with Crippen LogP contribution in [-0.2, 0) is 6.42 Å². The maximum absolute atomic E-state index is 15.1. The van der Waals surface area contributed by atoms with E-state index in [1.165, 1.54) is 35.5 Å². The van der Waals surface area contributed by atoms with E-state index in [0.717, 1.165) is 36.1 Å². The van der Waals surface area contributed by atoms with Crippen LogP contribution in [0, 0.1) is 5.82 Å². The number of carbonyl (C=O) groups is 1. The smallest absolute Gasteiger partial charge is 0.341 e. The number of benzene rings is 1. The molecule has 2 aliphatic carbocycles. The lowest BCUT2D eigenvalue weighted by molar-refractivity contribution is 0.0695. The number of aromatic carboxylic acids is 1. The Morgan fingerprint density at radius 1 is 1.28 bits per heavy atom. The first-order chi connectivity index (χ1) is 14.0. The van der Waals surface area contributed by atoms with E-state index >= 15 is 4.39 Å². The number of hydrogen-bond donors (Lipinski definition) is 1. The summed E-state index contributed by atoms with van der Waals surface area (Å²) in [6, 6.07) is 5.58. The van der Waals surface area contributed by atoms with E-state index in [1.54, 1.807) is 15.9 Å². The molecular weight excluding hydrogens is 389 g/mol. The fourth-order valence-corrected chi connectivity index (χ4v) is 5.86. The zero-order valence-corrected chi connectivity index (χ0v) is 17.0. The lowest BCUT2D eigenvalue weighted by Gasteiger charge is -2.20. The van der Waals surface area contributed by atoms with Gasteiger partial charge in [0.05, 0.1) is 10.9 Å². The maximum Gasteiger partial charge on any atom is 0.341 e. The highest BCUT2D eigenvalue weighted by Crippen LogP contribution is 2.43. The van der Waals surface area contributed by atoms with Crippen LogP contribution in [0.5, 0.6) is 0 Å². The van der Waals surface area contributed by atoms with Gasteiger partial charge in [-0.2, -0.15) is 0 Å². The molecule has 3 aromatic rings. The van der Waals surface area contributed by atoms with Crippen molar-refractivity contribution >= 4 is 28.2 Å². The number of pyridine rings is 1. The van der Waals surface area contributed by atoms with Crippen LogP contribution in [0.3, 0.4) is 0 Å². The Balaban J connectivity index is 1.72. The van der Waals surface area contributed by atoms with Crippen LogP contribution >= 0.6 is 11.3 Å². The normalized spacial score (nSPS) is 18.8. The Kier molecular flexibility index (Phi) is 4.35. The summed E-state index contributed by atoms with van der Waals surface area (Å²) in [5.41, 5.74) is 1.54. The molecule has 0 amide bonds. The van der Waals surface area contributed by atoms with Crippen molar-refractivity contribution in [3.05, 3.63) is 56.4 Å². The number of fused-ring (bicyclic) bond motifs is 2. The topological polar surface area (TPSA) is 59.3 Å². The first-order valence-corrected chi connectivity index (χ1v) is 11.0. The monoisotopic (exact) mass is 411 g/mol. The van der Waals surface area contributed by atoms with Gasteiger partial charge in [0.25, 0.3) is 0 Å². The molecular formula is C23H22FNO3S. The molecule has 2 aromatic heterocycles. The van der Waals surface area contributed by atoms with Crippen molar-refractivity contribution in [3.8, 4) is 10.4 Å². The van der Waals surface area contributed by atoms with E-state index in [-0.39, 0.29) is 17.0 Å². The quantitative estimate of drug-likeness (QED) is 0.596. The highest BCUT2D eigenvalue weighted by atomic mass is 32.1. The van der Waals surface area contributed by atoms with Crippen molar-refractivity contribution in [2.24, 2.45) is 0 Å². The zero-order chi connectivity index (χ0) is 20.3. The van der Waals surface area contributed by atoms with Crippen LogP contribution in [0.25, 0.3) is 21.3 Å². The molecule has 5 rings (SSSR count). The van der Waals surface area contributed by atoms with Gasteiger partial charge in [-0.3, -0.25) is 4.79 Å². The molecule has 0 saturated heterocycles. The minimum atomic E-state index is -1.31. The predicted octanol–water partition coefficient (Wildman–Crippen LogP) is 5.73. The third-order valence-electron chi connectivity index (χ3n) is 6.27. The Labute approximate surface area is 171 Å². The van der Waals surface area contributed by atoms with Crippen molar-refractivity contribution in [3.63, 3.8) is 0 Å². The Bertz CT molecular complexity index is 1210. The van der Waals surface area contributed by atoms with Crippen LogP contribution in [0.2, 0.25) is 0 Å². The van der Waals surface area contributed by atoms with Crippen LogP contribution in [-0.4, -0.2) is 15.6 Å². The molecule has 4 nitrogen and oxygen atoms in total. The molecule has 0 aliphatic heterocycles. The molecule has 1 aromatic carbocycles. The number of halogens is 1. The molecule has 29 heavy (non-hydrogen) atoms. The second-order valence-corrected chi connectivity index (χ2v) is 9.29. The Morgan fingerprint density at radius 2 is 2.07 bits per heavy atom. The number of carboxylic acid groups (broad SMARTS) is 1. The summed E-state index contributed by atoms with van der Waals surface area (Å²) in [5.74, 6) is -1.39. The van der Waals surface area contributed by atoms with Crippen molar-refractivity contribution in [1.29, 1.82) is 0 Å². The van der Waals surface area contributed by atoms with E-state index in [9.17, 15) is 14.7 Å². The number of aryl methyl sites for hydroxylation is 1. The first-order valence-electron chi connectivity index (χ1n) is 10.2. The molecule has 6 heteroatoms. The molecule has 1 fully saturated rings. The van der Waals surface area contributed by atoms with Crippen LogP contribution in [0.4, 0.5) is 4.39 Å². The van der Waals surface area contributed by atoms with Gasteiger partial charge < -0.3 is 9.67 Å². The third-order valence-corrected chi connectivity index (χ3v) is 7.53. The molecule has 1 N–H and O–H groups in total. The van der Waals surface area contributed by atoms with Gasteiger partial charge in [0.15, 0.2) is 0 Å². The van der Waals surface area contributed by atoms with E-state index < -0.39 is 17.2 Å². The molecule has 0 spiro atoms. The number of hydrogen-bond acceptors (Lipinski definition) is 3. The largest absolute Gasteiger partial charge is 0.477 e. The summed E-state index contributed by atoms with van der Waals surface area (Å²) >= 11 is 1.72.